The van der Waals surface area contributed by atoms with Gasteiger partial charge < -0.3 is 4.90 Å². The second kappa shape index (κ2) is 13.7. The topological polar surface area (TPSA) is 31.4 Å². The molecule has 0 radical (unpaired) electrons. The van der Waals surface area contributed by atoms with Crippen LogP contribution >= 0.6 is 0 Å². The van der Waals surface area contributed by atoms with Crippen molar-refractivity contribution >= 4 is 33.5 Å². The average Bonchev–Trinajstić information content (AvgIpc) is 4.05. The van der Waals surface area contributed by atoms with E-state index in [1.165, 1.54) is 88.7 Å². The molecule has 0 saturated heterocycles. The van der Waals surface area contributed by atoms with Crippen LogP contribution in [0.2, 0.25) is 0 Å². The fourth-order valence-corrected chi connectivity index (χ4v) is 14.5. The van der Waals surface area contributed by atoms with Gasteiger partial charge in [-0.1, -0.05) is 184 Å². The van der Waals surface area contributed by atoms with Gasteiger partial charge in [-0.05, 0) is 154 Å². The summed E-state index contributed by atoms with van der Waals surface area (Å²) >= 11 is 0. The molecule has 326 valence electrons. The molecule has 1 aliphatic heterocycles. The predicted molar refractivity (Wildman–Crippen MR) is 283 cm³/mol. The zero-order valence-electron chi connectivity index (χ0n) is 38.8. The molecule has 0 aromatic heterocycles. The van der Waals surface area contributed by atoms with Gasteiger partial charge in [0.15, 0.2) is 5.69 Å². The molecule has 1 heterocycles. The van der Waals surface area contributed by atoms with Crippen molar-refractivity contribution in [3.05, 3.63) is 284 Å². The van der Waals surface area contributed by atoms with Crippen LogP contribution in [0.4, 0.5) is 22.7 Å². The molecule has 10 aromatic rings. The van der Waals surface area contributed by atoms with Crippen molar-refractivity contribution in [2.75, 3.05) is 4.90 Å². The minimum absolute atomic E-state index is 0.438. The highest BCUT2D eigenvalue weighted by Crippen LogP contribution is 2.67. The number of benzene rings is 10. The lowest BCUT2D eigenvalue weighted by Gasteiger charge is -2.47. The summed E-state index contributed by atoms with van der Waals surface area (Å²) in [7, 11) is 0. The van der Waals surface area contributed by atoms with Crippen molar-refractivity contribution in [1.82, 2.24) is 0 Å². The molecule has 1 spiro atoms. The van der Waals surface area contributed by atoms with E-state index in [2.05, 4.69) is 206 Å². The van der Waals surface area contributed by atoms with Gasteiger partial charge >= 0.3 is 0 Å². The predicted octanol–water partition coefficient (Wildman–Crippen LogP) is 16.2. The maximum atomic E-state index is 9.96. The van der Waals surface area contributed by atoms with Crippen molar-refractivity contribution < 1.29 is 0 Å². The Labute approximate surface area is 408 Å². The fourth-order valence-electron chi connectivity index (χ4n) is 14.5. The summed E-state index contributed by atoms with van der Waals surface area (Å²) in [6.45, 7) is 12.8. The molecule has 0 fully saturated rings. The first-order valence-electron chi connectivity index (χ1n) is 24.5. The number of fused-ring (bicyclic) bond motifs is 15. The molecule has 5 aliphatic rings. The van der Waals surface area contributed by atoms with Gasteiger partial charge in [-0.3, -0.25) is 0 Å². The number of rotatable bonds is 3. The Balaban J connectivity index is 1.01. The van der Waals surface area contributed by atoms with E-state index in [9.17, 15) is 5.26 Å². The van der Waals surface area contributed by atoms with Crippen LogP contribution in [0.5, 0.6) is 0 Å². The number of anilines is 3. The summed E-state index contributed by atoms with van der Waals surface area (Å²) in [4.78, 5) is 6.31. The Hall–Kier alpha value is -8.76. The first kappa shape index (κ1) is 39.3. The van der Waals surface area contributed by atoms with Gasteiger partial charge in [0.25, 0.3) is 0 Å². The smallest absolute Gasteiger partial charge is 0.187 e. The number of para-hydroxylation sites is 2. The van der Waals surface area contributed by atoms with Crippen LogP contribution in [0.15, 0.2) is 200 Å². The number of nitriles is 1. The molecule has 70 heavy (non-hydrogen) atoms. The van der Waals surface area contributed by atoms with Gasteiger partial charge in [0, 0.05) is 5.41 Å². The normalized spacial score (nSPS) is 15.7. The lowest BCUT2D eigenvalue weighted by molar-refractivity contribution is 0.656. The molecular weight excluding hydrogens is 847 g/mol. The Morgan fingerprint density at radius 2 is 0.957 bits per heavy atom. The number of hydrogen-bond donors (Lipinski definition) is 0. The highest BCUT2D eigenvalue weighted by Gasteiger charge is 2.54. The molecule has 10 aromatic carbocycles. The monoisotopic (exact) mass is 889 g/mol. The van der Waals surface area contributed by atoms with Gasteiger partial charge in [-0.2, -0.15) is 5.26 Å². The Morgan fingerprint density at radius 1 is 0.443 bits per heavy atom. The maximum Gasteiger partial charge on any atom is 0.187 e. The quantitative estimate of drug-likeness (QED) is 0.166. The lowest BCUT2D eigenvalue weighted by atomic mass is 9.59. The summed E-state index contributed by atoms with van der Waals surface area (Å²) in [6.07, 6.45) is 2.15. The second-order valence-electron chi connectivity index (χ2n) is 20.3. The first-order chi connectivity index (χ1) is 34.4. The molecule has 0 N–H and O–H groups in total. The zero-order chi connectivity index (χ0) is 46.7. The third-order valence-electron chi connectivity index (χ3n) is 17.0. The van der Waals surface area contributed by atoms with E-state index in [0.29, 0.717) is 11.3 Å². The summed E-state index contributed by atoms with van der Waals surface area (Å²) in [5, 5.41) is 12.8. The molecule has 4 aliphatic carbocycles. The van der Waals surface area contributed by atoms with Crippen LogP contribution in [0.3, 0.4) is 0 Å². The van der Waals surface area contributed by atoms with Crippen LogP contribution in [0.1, 0.15) is 86.2 Å². The van der Waals surface area contributed by atoms with Crippen molar-refractivity contribution in [3.8, 4) is 39.4 Å². The minimum Gasteiger partial charge on any atom is -0.309 e. The van der Waals surface area contributed by atoms with Crippen molar-refractivity contribution in [1.29, 1.82) is 5.26 Å². The molecule has 3 heteroatoms. The van der Waals surface area contributed by atoms with Crippen LogP contribution in [0, 0.1) is 17.9 Å². The van der Waals surface area contributed by atoms with Crippen molar-refractivity contribution in [3.63, 3.8) is 0 Å². The van der Waals surface area contributed by atoms with E-state index in [-0.39, 0.29) is 0 Å². The fraction of sp³-hybridized carbons (Fsp3) is 0.104. The van der Waals surface area contributed by atoms with Crippen molar-refractivity contribution in [2.45, 2.75) is 42.9 Å². The van der Waals surface area contributed by atoms with E-state index in [0.717, 1.165) is 52.2 Å². The molecule has 0 atom stereocenters. The average molecular weight is 890 g/mol. The number of aryl methyl sites for hydroxylation is 2. The standard InChI is InChI=1S/C67H43N3/c1-65(2)63-48(15-12-22-59(63)70-57-20-10-8-18-53(57)66(54-19-9-11-21-58(54)70,43-29-23-40(39-68)24-30-43)44-31-33-45(69-3)34-32-44)49-36-38-56-62(64(49)65)50-35-27-41-25-26-42-28-37-55(61(50)60(41)42)67(56)51-16-6-4-13-46(51)47-14-5-7-17-52(47)67/h4-24,27-38H,25-26H2,1-2H3. The Bertz CT molecular complexity index is 3900. The van der Waals surface area contributed by atoms with Gasteiger partial charge in [0.05, 0.1) is 46.1 Å². The van der Waals surface area contributed by atoms with E-state index in [4.69, 9.17) is 6.57 Å². The summed E-state index contributed by atoms with van der Waals surface area (Å²) in [5.74, 6) is 0. The summed E-state index contributed by atoms with van der Waals surface area (Å²) in [5.41, 5.74) is 26.4. The van der Waals surface area contributed by atoms with Crippen LogP contribution < -0.4 is 4.90 Å². The number of nitrogens with zero attached hydrogens (tertiary/aromatic N) is 3. The molecule has 0 amide bonds. The van der Waals surface area contributed by atoms with E-state index in [1.807, 2.05) is 24.3 Å². The second-order valence-corrected chi connectivity index (χ2v) is 20.3. The van der Waals surface area contributed by atoms with Gasteiger partial charge in [0.2, 0.25) is 0 Å². The first-order valence-corrected chi connectivity index (χ1v) is 24.5. The molecule has 3 nitrogen and oxygen atoms in total. The van der Waals surface area contributed by atoms with Gasteiger partial charge in [-0.25, -0.2) is 4.85 Å². The highest BCUT2D eigenvalue weighted by molar-refractivity contribution is 6.12. The Morgan fingerprint density at radius 3 is 1.59 bits per heavy atom. The highest BCUT2D eigenvalue weighted by atomic mass is 15.2. The zero-order valence-corrected chi connectivity index (χ0v) is 38.8. The van der Waals surface area contributed by atoms with Crippen molar-refractivity contribution in [2.24, 2.45) is 0 Å². The molecule has 0 saturated carbocycles. The Kier molecular flexibility index (Phi) is 7.68. The molecule has 0 unspecified atom stereocenters. The van der Waals surface area contributed by atoms with Gasteiger partial charge in [-0.15, -0.1) is 0 Å². The SMILES string of the molecule is [C-]#[N+]c1ccc(C2(c3ccc(C#N)cc3)c3ccccc3N(c3cccc4c3C(C)(C)c3c-4ccc4c3-c3ccc5c6c(ccc(c36)C43c4ccccc4-c4ccccc43)CC5)c3ccccc32)cc1. The summed E-state index contributed by atoms with van der Waals surface area (Å²) in [6, 6.07) is 76.5. The van der Waals surface area contributed by atoms with E-state index < -0.39 is 16.2 Å². The third kappa shape index (κ3) is 4.59. The van der Waals surface area contributed by atoms with Crippen LogP contribution in [-0.2, 0) is 29.1 Å². The molecule has 15 rings (SSSR count). The largest absolute Gasteiger partial charge is 0.309 e. The van der Waals surface area contributed by atoms with Crippen LogP contribution in [-0.4, -0.2) is 0 Å². The minimum atomic E-state index is -0.761. The third-order valence-corrected chi connectivity index (χ3v) is 17.0. The molecular formula is C67H43N3. The van der Waals surface area contributed by atoms with E-state index in [1.54, 1.807) is 0 Å². The maximum absolute atomic E-state index is 9.96. The number of hydrogen-bond acceptors (Lipinski definition) is 2. The van der Waals surface area contributed by atoms with E-state index >= 15 is 0 Å². The van der Waals surface area contributed by atoms with Crippen LogP contribution in [0.25, 0.3) is 49.0 Å². The molecule has 0 bridgehead atoms. The van der Waals surface area contributed by atoms with Gasteiger partial charge in [0.1, 0.15) is 0 Å². The summed E-state index contributed by atoms with van der Waals surface area (Å²) < 4.78 is 0. The lowest BCUT2D eigenvalue weighted by Crippen LogP contribution is -2.38.